The number of hydrogen-bond acceptors (Lipinski definition) is 4. The second-order valence-electron chi connectivity index (χ2n) is 7.45. The third kappa shape index (κ3) is 5.80. The molecule has 32 heavy (non-hydrogen) atoms. The monoisotopic (exact) mass is 556 g/mol. The molecule has 4 rings (SSSR count). The summed E-state index contributed by atoms with van der Waals surface area (Å²) in [5.41, 5.74) is 1.10. The van der Waals surface area contributed by atoms with Crippen LogP contribution in [-0.4, -0.2) is 41.9 Å². The van der Waals surface area contributed by atoms with Crippen LogP contribution in [0.3, 0.4) is 0 Å². The standard InChI is InChI=1S/C23H20BrCl3N2O3/c24-16-2-5-21(20(27)12-16)31-14-17-3-6-22(32-17)23(30)29-9-7-28(8-10-29)13-15-1-4-18(25)19(26)11-15/h1-6,11-12H,7-10,13-14H2. The first-order valence-electron chi connectivity index (χ1n) is 10.0. The molecule has 1 aliphatic heterocycles. The summed E-state index contributed by atoms with van der Waals surface area (Å²) in [6.45, 7) is 3.74. The van der Waals surface area contributed by atoms with Crippen LogP contribution in [0.15, 0.2) is 57.4 Å². The van der Waals surface area contributed by atoms with E-state index in [-0.39, 0.29) is 12.5 Å². The number of carbonyl (C=O) groups excluding carboxylic acids is 1. The van der Waals surface area contributed by atoms with Crippen molar-refractivity contribution in [1.29, 1.82) is 0 Å². The molecule has 1 fully saturated rings. The van der Waals surface area contributed by atoms with Crippen molar-refractivity contribution in [3.8, 4) is 5.75 Å². The molecule has 168 valence electrons. The van der Waals surface area contributed by atoms with Gasteiger partial charge in [-0.1, -0.05) is 56.8 Å². The largest absolute Gasteiger partial charge is 0.484 e. The van der Waals surface area contributed by atoms with Gasteiger partial charge in [-0.25, -0.2) is 0 Å². The van der Waals surface area contributed by atoms with Crippen LogP contribution >= 0.6 is 50.7 Å². The number of halogens is 4. The first kappa shape index (κ1) is 23.5. The second kappa shape index (κ2) is 10.5. The van der Waals surface area contributed by atoms with E-state index in [0.29, 0.717) is 45.4 Å². The van der Waals surface area contributed by atoms with Crippen molar-refractivity contribution >= 4 is 56.6 Å². The van der Waals surface area contributed by atoms with Gasteiger partial charge in [-0.05, 0) is 48.0 Å². The van der Waals surface area contributed by atoms with Gasteiger partial charge >= 0.3 is 0 Å². The Kier molecular flexibility index (Phi) is 7.69. The van der Waals surface area contributed by atoms with E-state index < -0.39 is 0 Å². The maximum atomic E-state index is 12.8. The van der Waals surface area contributed by atoms with Gasteiger partial charge in [0.15, 0.2) is 5.76 Å². The fourth-order valence-corrected chi connectivity index (χ4v) is 4.52. The average molecular weight is 559 g/mol. The molecule has 1 aliphatic rings. The average Bonchev–Trinajstić information content (AvgIpc) is 3.25. The van der Waals surface area contributed by atoms with Gasteiger partial charge < -0.3 is 14.1 Å². The summed E-state index contributed by atoms with van der Waals surface area (Å²) in [5, 5.41) is 1.60. The van der Waals surface area contributed by atoms with Crippen LogP contribution in [0, 0.1) is 0 Å². The molecule has 0 N–H and O–H groups in total. The molecule has 2 aromatic carbocycles. The maximum Gasteiger partial charge on any atom is 0.289 e. The Bertz CT molecular complexity index is 1110. The molecule has 0 bridgehead atoms. The molecule has 3 aromatic rings. The maximum absolute atomic E-state index is 12.8. The van der Waals surface area contributed by atoms with E-state index in [0.717, 1.165) is 29.7 Å². The van der Waals surface area contributed by atoms with Crippen LogP contribution in [0.25, 0.3) is 0 Å². The molecule has 0 unspecified atom stereocenters. The highest BCUT2D eigenvalue weighted by molar-refractivity contribution is 9.10. The lowest BCUT2D eigenvalue weighted by Gasteiger charge is -2.34. The topological polar surface area (TPSA) is 45.9 Å². The second-order valence-corrected chi connectivity index (χ2v) is 9.58. The number of amides is 1. The molecule has 0 saturated carbocycles. The van der Waals surface area contributed by atoms with Gasteiger partial charge in [0.05, 0.1) is 15.1 Å². The van der Waals surface area contributed by atoms with Crippen molar-refractivity contribution < 1.29 is 13.9 Å². The molecule has 0 radical (unpaired) electrons. The molecule has 5 nitrogen and oxygen atoms in total. The Morgan fingerprint density at radius 2 is 1.72 bits per heavy atom. The number of carbonyl (C=O) groups is 1. The van der Waals surface area contributed by atoms with Crippen LogP contribution in [0.4, 0.5) is 0 Å². The number of hydrogen-bond donors (Lipinski definition) is 0. The zero-order valence-electron chi connectivity index (χ0n) is 17.0. The molecular formula is C23H20BrCl3N2O3. The fourth-order valence-electron chi connectivity index (χ4n) is 3.47. The first-order valence-corrected chi connectivity index (χ1v) is 11.9. The Morgan fingerprint density at radius 3 is 2.44 bits per heavy atom. The van der Waals surface area contributed by atoms with Crippen molar-refractivity contribution in [3.63, 3.8) is 0 Å². The minimum atomic E-state index is -0.118. The van der Waals surface area contributed by atoms with Gasteiger partial charge in [0.1, 0.15) is 18.1 Å². The third-order valence-corrected chi connectivity index (χ3v) is 6.71. The van der Waals surface area contributed by atoms with Gasteiger partial charge in [-0.3, -0.25) is 9.69 Å². The Labute approximate surface area is 209 Å². The van der Waals surface area contributed by atoms with Crippen molar-refractivity contribution in [2.45, 2.75) is 13.2 Å². The predicted octanol–water partition coefficient (Wildman–Crippen LogP) is 6.54. The molecule has 0 aliphatic carbocycles. The number of piperazine rings is 1. The van der Waals surface area contributed by atoms with Gasteiger partial charge in [0.25, 0.3) is 5.91 Å². The molecule has 2 heterocycles. The van der Waals surface area contributed by atoms with E-state index in [9.17, 15) is 4.79 Å². The molecule has 1 saturated heterocycles. The van der Waals surface area contributed by atoms with E-state index in [1.165, 1.54) is 0 Å². The highest BCUT2D eigenvalue weighted by atomic mass is 79.9. The summed E-state index contributed by atoms with van der Waals surface area (Å²) in [6, 6.07) is 14.5. The number of furan rings is 1. The van der Waals surface area contributed by atoms with Crippen LogP contribution in [0.2, 0.25) is 15.1 Å². The van der Waals surface area contributed by atoms with Gasteiger partial charge in [-0.2, -0.15) is 0 Å². The van der Waals surface area contributed by atoms with Crippen LogP contribution in [0.5, 0.6) is 5.75 Å². The molecule has 9 heteroatoms. The van der Waals surface area contributed by atoms with Crippen LogP contribution < -0.4 is 4.74 Å². The Hall–Kier alpha value is -1.70. The smallest absolute Gasteiger partial charge is 0.289 e. The summed E-state index contributed by atoms with van der Waals surface area (Å²) in [5.74, 6) is 1.30. The third-order valence-electron chi connectivity index (χ3n) is 5.19. The summed E-state index contributed by atoms with van der Waals surface area (Å²) < 4.78 is 12.3. The molecular weight excluding hydrogens is 539 g/mol. The number of nitrogens with zero attached hydrogens (tertiary/aromatic N) is 2. The minimum absolute atomic E-state index is 0.118. The van der Waals surface area contributed by atoms with Crippen molar-refractivity contribution in [3.05, 3.63) is 85.2 Å². The van der Waals surface area contributed by atoms with Gasteiger partial charge in [-0.15, -0.1) is 0 Å². The number of benzene rings is 2. The lowest BCUT2D eigenvalue weighted by Crippen LogP contribution is -2.48. The van der Waals surface area contributed by atoms with Crippen LogP contribution in [0.1, 0.15) is 21.9 Å². The van der Waals surface area contributed by atoms with Crippen molar-refractivity contribution in [2.24, 2.45) is 0 Å². The fraction of sp³-hybridized carbons (Fsp3) is 0.261. The van der Waals surface area contributed by atoms with E-state index in [1.54, 1.807) is 29.2 Å². The summed E-state index contributed by atoms with van der Waals surface area (Å²) in [6.07, 6.45) is 0. The Morgan fingerprint density at radius 1 is 0.938 bits per heavy atom. The van der Waals surface area contributed by atoms with E-state index >= 15 is 0 Å². The lowest BCUT2D eigenvalue weighted by atomic mass is 10.2. The van der Waals surface area contributed by atoms with E-state index in [4.69, 9.17) is 44.0 Å². The normalized spacial score (nSPS) is 14.6. The SMILES string of the molecule is O=C(c1ccc(COc2ccc(Br)cc2Cl)o1)N1CCN(Cc2ccc(Cl)c(Cl)c2)CC1. The van der Waals surface area contributed by atoms with Crippen molar-refractivity contribution in [1.82, 2.24) is 9.80 Å². The van der Waals surface area contributed by atoms with Crippen LogP contribution in [-0.2, 0) is 13.2 Å². The number of rotatable bonds is 6. The number of ether oxygens (including phenoxy) is 1. The molecule has 1 amide bonds. The molecule has 1 aromatic heterocycles. The summed E-state index contributed by atoms with van der Waals surface area (Å²) in [4.78, 5) is 16.9. The van der Waals surface area contributed by atoms with E-state index in [1.807, 2.05) is 24.3 Å². The lowest BCUT2D eigenvalue weighted by molar-refractivity contribution is 0.0594. The predicted molar refractivity (Wildman–Crippen MR) is 130 cm³/mol. The highest BCUT2D eigenvalue weighted by Gasteiger charge is 2.24. The zero-order valence-corrected chi connectivity index (χ0v) is 20.8. The van der Waals surface area contributed by atoms with Crippen molar-refractivity contribution in [2.75, 3.05) is 26.2 Å². The zero-order chi connectivity index (χ0) is 22.7. The van der Waals surface area contributed by atoms with Gasteiger partial charge in [0, 0.05) is 37.2 Å². The van der Waals surface area contributed by atoms with E-state index in [2.05, 4.69) is 20.8 Å². The quantitative estimate of drug-likeness (QED) is 0.345. The molecule has 0 atom stereocenters. The highest BCUT2D eigenvalue weighted by Crippen LogP contribution is 2.28. The van der Waals surface area contributed by atoms with Gasteiger partial charge in [0.2, 0.25) is 0 Å². The first-order chi connectivity index (χ1) is 15.4. The molecule has 0 spiro atoms. The summed E-state index contributed by atoms with van der Waals surface area (Å²) >= 11 is 21.6. The summed E-state index contributed by atoms with van der Waals surface area (Å²) in [7, 11) is 0. The minimum Gasteiger partial charge on any atom is -0.484 e. The Balaban J connectivity index is 1.28.